The first-order chi connectivity index (χ1) is 10.7. The van der Waals surface area contributed by atoms with Gasteiger partial charge in [0.1, 0.15) is 12.4 Å². The lowest BCUT2D eigenvalue weighted by atomic mass is 10.3. The fourth-order valence-electron chi connectivity index (χ4n) is 2.09. The zero-order valence-corrected chi connectivity index (χ0v) is 13.1. The van der Waals surface area contributed by atoms with Crippen molar-refractivity contribution in [2.45, 2.75) is 24.9 Å². The maximum Gasteiger partial charge on any atom is 0.357 e. The largest absolute Gasteiger partial charge is 0.476 e. The van der Waals surface area contributed by atoms with E-state index in [1.54, 1.807) is 0 Å². The number of carbonyl (C=O) groups is 1. The molecule has 0 radical (unpaired) electrons. The first kappa shape index (κ1) is 17.1. The normalized spacial score (nSPS) is 12.0. The first-order valence-corrected chi connectivity index (χ1v) is 8.16. The molecule has 23 heavy (non-hydrogen) atoms. The summed E-state index contributed by atoms with van der Waals surface area (Å²) in [6, 6.07) is 0. The SMILES string of the molecule is CCS(=O)(=O)c1c(C(=O)O)nc(-c2cnn(CC(F)F)c2)n1C. The number of carboxylic acid groups (broad SMARTS) is 1. The predicted octanol–water partition coefficient (Wildman–Crippen LogP) is 1.04. The number of hydrogen-bond acceptors (Lipinski definition) is 5. The lowest BCUT2D eigenvalue weighted by Gasteiger charge is -2.05. The van der Waals surface area contributed by atoms with Gasteiger partial charge in [0.15, 0.2) is 20.6 Å². The van der Waals surface area contributed by atoms with Gasteiger partial charge in [-0.05, 0) is 0 Å². The smallest absolute Gasteiger partial charge is 0.357 e. The molecule has 1 N–H and O–H groups in total. The highest BCUT2D eigenvalue weighted by Crippen LogP contribution is 2.25. The second-order valence-corrected chi connectivity index (χ2v) is 6.89. The Labute approximate surface area is 130 Å². The summed E-state index contributed by atoms with van der Waals surface area (Å²) >= 11 is 0. The number of alkyl halides is 2. The van der Waals surface area contributed by atoms with E-state index in [9.17, 15) is 27.1 Å². The standard InChI is InChI=1S/C12H14F2N4O4S/c1-3-23(21,22)11-9(12(19)20)16-10(17(11)2)7-4-15-18(5-7)6-8(13)14/h4-5,8H,3,6H2,1-2H3,(H,19,20). The van der Waals surface area contributed by atoms with Gasteiger partial charge in [0.2, 0.25) is 0 Å². The second kappa shape index (κ2) is 6.07. The van der Waals surface area contributed by atoms with Gasteiger partial charge < -0.3 is 9.67 Å². The molecule has 0 aliphatic carbocycles. The molecular formula is C12H14F2N4O4S. The van der Waals surface area contributed by atoms with Crippen LogP contribution in [0.5, 0.6) is 0 Å². The van der Waals surface area contributed by atoms with Gasteiger partial charge in [0, 0.05) is 13.2 Å². The summed E-state index contributed by atoms with van der Waals surface area (Å²) in [6.07, 6.45) is -0.129. The molecule has 2 rings (SSSR count). The predicted molar refractivity (Wildman–Crippen MR) is 75.1 cm³/mol. The average Bonchev–Trinajstić information content (AvgIpc) is 3.02. The third-order valence-corrected chi connectivity index (χ3v) is 4.95. The molecule has 8 nitrogen and oxygen atoms in total. The molecule has 2 heterocycles. The maximum atomic E-state index is 12.3. The number of nitrogens with zero attached hydrogens (tertiary/aromatic N) is 4. The molecule has 0 aliphatic heterocycles. The molecule has 0 fully saturated rings. The van der Waals surface area contributed by atoms with Crippen LogP contribution in [0.1, 0.15) is 17.4 Å². The van der Waals surface area contributed by atoms with Crippen molar-refractivity contribution in [3.8, 4) is 11.4 Å². The number of aromatic carboxylic acids is 1. The Morgan fingerprint density at radius 2 is 2.09 bits per heavy atom. The molecule has 0 atom stereocenters. The first-order valence-electron chi connectivity index (χ1n) is 6.51. The third-order valence-electron chi connectivity index (χ3n) is 3.14. The van der Waals surface area contributed by atoms with Crippen LogP contribution in [0.2, 0.25) is 0 Å². The van der Waals surface area contributed by atoms with Gasteiger partial charge in [0.05, 0.1) is 17.5 Å². The van der Waals surface area contributed by atoms with Gasteiger partial charge in [-0.25, -0.2) is 27.0 Å². The topological polar surface area (TPSA) is 107 Å². The summed E-state index contributed by atoms with van der Waals surface area (Å²) < 4.78 is 51.0. The summed E-state index contributed by atoms with van der Waals surface area (Å²) in [4.78, 5) is 15.1. The van der Waals surface area contributed by atoms with E-state index in [0.717, 1.165) is 9.25 Å². The van der Waals surface area contributed by atoms with Crippen LogP contribution in [0.25, 0.3) is 11.4 Å². The minimum absolute atomic E-state index is 0.0231. The van der Waals surface area contributed by atoms with Crippen molar-refractivity contribution in [2.75, 3.05) is 5.75 Å². The van der Waals surface area contributed by atoms with Gasteiger partial charge in [0.25, 0.3) is 6.43 Å². The van der Waals surface area contributed by atoms with Crippen LogP contribution in [0.15, 0.2) is 17.4 Å². The summed E-state index contributed by atoms with van der Waals surface area (Å²) in [5.74, 6) is -1.76. The Hall–Kier alpha value is -2.30. The fourth-order valence-corrected chi connectivity index (χ4v) is 3.30. The number of aromatic nitrogens is 4. The maximum absolute atomic E-state index is 12.3. The van der Waals surface area contributed by atoms with Crippen molar-refractivity contribution in [3.05, 3.63) is 18.1 Å². The molecule has 0 spiro atoms. The van der Waals surface area contributed by atoms with Crippen LogP contribution in [-0.4, -0.2) is 51.0 Å². The molecule has 126 valence electrons. The van der Waals surface area contributed by atoms with Gasteiger partial charge in [-0.1, -0.05) is 6.92 Å². The van der Waals surface area contributed by atoms with Crippen LogP contribution in [0.3, 0.4) is 0 Å². The lowest BCUT2D eigenvalue weighted by molar-refractivity contribution is 0.0686. The van der Waals surface area contributed by atoms with Crippen molar-refractivity contribution < 1.29 is 27.1 Å². The highest BCUT2D eigenvalue weighted by molar-refractivity contribution is 7.91. The van der Waals surface area contributed by atoms with E-state index in [-0.39, 0.29) is 17.1 Å². The van der Waals surface area contributed by atoms with Crippen molar-refractivity contribution >= 4 is 15.8 Å². The zero-order chi connectivity index (χ0) is 17.4. The minimum atomic E-state index is -3.83. The van der Waals surface area contributed by atoms with Crippen LogP contribution in [0, 0.1) is 0 Å². The van der Waals surface area contributed by atoms with Crippen LogP contribution in [0.4, 0.5) is 8.78 Å². The van der Waals surface area contributed by atoms with Gasteiger partial charge in [-0.3, -0.25) is 4.68 Å². The molecule has 0 saturated carbocycles. The molecule has 11 heteroatoms. The van der Waals surface area contributed by atoms with E-state index >= 15 is 0 Å². The third kappa shape index (κ3) is 3.23. The van der Waals surface area contributed by atoms with Gasteiger partial charge in [-0.2, -0.15) is 5.10 Å². The van der Waals surface area contributed by atoms with Crippen LogP contribution in [-0.2, 0) is 23.4 Å². The molecule has 0 aliphatic rings. The fraction of sp³-hybridized carbons (Fsp3) is 0.417. The Morgan fingerprint density at radius 3 is 2.61 bits per heavy atom. The van der Waals surface area contributed by atoms with E-state index in [0.29, 0.717) is 0 Å². The average molecular weight is 348 g/mol. The molecule has 2 aromatic heterocycles. The summed E-state index contributed by atoms with van der Waals surface area (Å²) in [6.45, 7) is 0.755. The van der Waals surface area contributed by atoms with Gasteiger partial charge >= 0.3 is 5.97 Å². The summed E-state index contributed by atoms with van der Waals surface area (Å²) in [7, 11) is -2.48. The Morgan fingerprint density at radius 1 is 1.43 bits per heavy atom. The quantitative estimate of drug-likeness (QED) is 0.836. The van der Waals surface area contributed by atoms with Crippen molar-refractivity contribution in [1.82, 2.24) is 19.3 Å². The zero-order valence-electron chi connectivity index (χ0n) is 12.3. The van der Waals surface area contributed by atoms with Crippen LogP contribution < -0.4 is 0 Å². The summed E-state index contributed by atoms with van der Waals surface area (Å²) in [5.41, 5.74) is -0.362. The number of rotatable bonds is 6. The van der Waals surface area contributed by atoms with Crippen molar-refractivity contribution in [1.29, 1.82) is 0 Å². The van der Waals surface area contributed by atoms with E-state index in [2.05, 4.69) is 10.1 Å². The highest BCUT2D eigenvalue weighted by atomic mass is 32.2. The van der Waals surface area contributed by atoms with Crippen LogP contribution >= 0.6 is 0 Å². The molecule has 2 aromatic rings. The molecule has 0 amide bonds. The number of imidazole rings is 1. The number of hydrogen-bond donors (Lipinski definition) is 1. The van der Waals surface area contributed by atoms with E-state index in [4.69, 9.17) is 0 Å². The van der Waals surface area contributed by atoms with E-state index in [1.807, 2.05) is 0 Å². The second-order valence-electron chi connectivity index (χ2n) is 4.70. The summed E-state index contributed by atoms with van der Waals surface area (Å²) in [5, 5.41) is 12.5. The van der Waals surface area contributed by atoms with Crippen molar-refractivity contribution in [3.63, 3.8) is 0 Å². The van der Waals surface area contributed by atoms with Crippen molar-refractivity contribution in [2.24, 2.45) is 7.05 Å². The van der Waals surface area contributed by atoms with Gasteiger partial charge in [-0.15, -0.1) is 0 Å². The lowest BCUT2D eigenvalue weighted by Crippen LogP contribution is -2.14. The monoisotopic (exact) mass is 348 g/mol. The highest BCUT2D eigenvalue weighted by Gasteiger charge is 2.29. The number of carboxylic acids is 1. The Balaban J connectivity index is 2.59. The Bertz CT molecular complexity index is 841. The Kier molecular flexibility index (Phi) is 4.50. The number of sulfone groups is 1. The molecule has 0 bridgehead atoms. The molecule has 0 unspecified atom stereocenters. The molecule has 0 aromatic carbocycles. The molecular weight excluding hydrogens is 334 g/mol. The molecule has 0 saturated heterocycles. The minimum Gasteiger partial charge on any atom is -0.476 e. The number of halogens is 2. The van der Waals surface area contributed by atoms with E-state index in [1.165, 1.54) is 26.4 Å². The van der Waals surface area contributed by atoms with E-state index < -0.39 is 39.5 Å².